The molecule has 4 heteroatoms. The maximum Gasteiger partial charge on any atom is 0.297 e. The molecule has 0 aliphatic heterocycles. The largest absolute Gasteiger partial charge is 0.432 e. The first-order valence-corrected chi connectivity index (χ1v) is 8.09. The van der Waals surface area contributed by atoms with Gasteiger partial charge < -0.3 is 14.6 Å². The highest BCUT2D eigenvalue weighted by Gasteiger charge is 2.30. The Labute approximate surface area is 129 Å². The van der Waals surface area contributed by atoms with E-state index < -0.39 is 0 Å². The van der Waals surface area contributed by atoms with Gasteiger partial charge in [-0.2, -0.15) is 4.98 Å². The van der Waals surface area contributed by atoms with Crippen LogP contribution in [0.1, 0.15) is 66.0 Å². The quantitative estimate of drug-likeness (QED) is 0.912. The van der Waals surface area contributed by atoms with Crippen molar-refractivity contribution < 1.29 is 4.42 Å². The number of aromatic nitrogens is 1. The van der Waals surface area contributed by atoms with Crippen molar-refractivity contribution in [3.8, 4) is 0 Å². The zero-order valence-electron chi connectivity index (χ0n) is 14.5. The SMILES string of the molecule is CN(c1nc(CNC(C)(C)C)co1)C1CCC(C)(C)CC1. The minimum absolute atomic E-state index is 0.0972. The van der Waals surface area contributed by atoms with Crippen molar-refractivity contribution in [2.45, 2.75) is 78.4 Å². The molecule has 1 fully saturated rings. The molecular formula is C17H31N3O. The van der Waals surface area contributed by atoms with E-state index in [1.54, 1.807) is 6.26 Å². The fourth-order valence-corrected chi connectivity index (χ4v) is 2.82. The van der Waals surface area contributed by atoms with Gasteiger partial charge in [0.15, 0.2) is 0 Å². The maximum atomic E-state index is 5.67. The second-order valence-electron chi connectivity index (χ2n) is 8.23. The van der Waals surface area contributed by atoms with Gasteiger partial charge in [-0.05, 0) is 51.9 Å². The highest BCUT2D eigenvalue weighted by atomic mass is 16.4. The maximum absolute atomic E-state index is 5.67. The normalized spacial score (nSPS) is 19.7. The summed E-state index contributed by atoms with van der Waals surface area (Å²) in [6.45, 7) is 11.9. The molecule has 1 aliphatic carbocycles. The number of anilines is 1. The zero-order chi connectivity index (χ0) is 15.7. The summed E-state index contributed by atoms with van der Waals surface area (Å²) >= 11 is 0. The van der Waals surface area contributed by atoms with E-state index in [0.29, 0.717) is 11.5 Å². The predicted octanol–water partition coefficient (Wildman–Crippen LogP) is 3.97. The summed E-state index contributed by atoms with van der Waals surface area (Å²) in [4.78, 5) is 6.84. The standard InChI is InChI=1S/C17H31N3O/c1-16(2,3)18-11-13-12-21-15(19-13)20(6)14-7-9-17(4,5)10-8-14/h12,14,18H,7-11H2,1-6H3. The van der Waals surface area contributed by atoms with Gasteiger partial charge in [0, 0.05) is 25.2 Å². The molecule has 0 aromatic carbocycles. The summed E-state index contributed by atoms with van der Waals surface area (Å²) in [5.74, 6) is 0. The Kier molecular flexibility index (Phi) is 4.66. The van der Waals surface area contributed by atoms with Crippen LogP contribution in [0, 0.1) is 5.41 Å². The van der Waals surface area contributed by atoms with Crippen LogP contribution < -0.4 is 10.2 Å². The second-order valence-corrected chi connectivity index (χ2v) is 8.23. The summed E-state index contributed by atoms with van der Waals surface area (Å²) < 4.78 is 5.67. The van der Waals surface area contributed by atoms with Gasteiger partial charge in [0.1, 0.15) is 6.26 Å². The lowest BCUT2D eigenvalue weighted by Gasteiger charge is -2.38. The third-order valence-corrected chi connectivity index (χ3v) is 4.50. The second kappa shape index (κ2) is 5.99. The monoisotopic (exact) mass is 293 g/mol. The highest BCUT2D eigenvalue weighted by Crippen LogP contribution is 2.37. The first-order chi connectivity index (χ1) is 9.66. The van der Waals surface area contributed by atoms with Crippen molar-refractivity contribution in [1.29, 1.82) is 0 Å². The summed E-state index contributed by atoms with van der Waals surface area (Å²) in [6, 6.07) is 1.31. The van der Waals surface area contributed by atoms with Crippen molar-refractivity contribution in [1.82, 2.24) is 10.3 Å². The Balaban J connectivity index is 1.91. The molecular weight excluding hydrogens is 262 g/mol. The lowest BCUT2D eigenvalue weighted by molar-refractivity contribution is 0.220. The van der Waals surface area contributed by atoms with Gasteiger partial charge in [0.05, 0.1) is 5.69 Å². The van der Waals surface area contributed by atoms with Gasteiger partial charge in [-0.15, -0.1) is 0 Å². The van der Waals surface area contributed by atoms with E-state index in [1.807, 2.05) is 0 Å². The molecule has 1 saturated carbocycles. The van der Waals surface area contributed by atoms with E-state index in [1.165, 1.54) is 25.7 Å². The van der Waals surface area contributed by atoms with E-state index in [9.17, 15) is 0 Å². The molecule has 0 spiro atoms. The number of nitrogens with zero attached hydrogens (tertiary/aromatic N) is 2. The molecule has 0 atom stereocenters. The zero-order valence-corrected chi connectivity index (χ0v) is 14.5. The van der Waals surface area contributed by atoms with Crippen molar-refractivity contribution in [3.05, 3.63) is 12.0 Å². The lowest BCUT2D eigenvalue weighted by Crippen LogP contribution is -2.37. The van der Waals surface area contributed by atoms with Crippen molar-refractivity contribution in [2.75, 3.05) is 11.9 Å². The Morgan fingerprint density at radius 2 is 1.95 bits per heavy atom. The van der Waals surface area contributed by atoms with Crippen LogP contribution in [-0.2, 0) is 6.54 Å². The Hall–Kier alpha value is -1.03. The van der Waals surface area contributed by atoms with Crippen LogP contribution in [-0.4, -0.2) is 23.6 Å². The molecule has 2 rings (SSSR count). The molecule has 0 bridgehead atoms. The molecule has 0 saturated heterocycles. The molecule has 0 unspecified atom stereocenters. The predicted molar refractivity (Wildman–Crippen MR) is 87.5 cm³/mol. The van der Waals surface area contributed by atoms with Gasteiger partial charge in [0.2, 0.25) is 0 Å². The molecule has 1 aromatic heterocycles. The van der Waals surface area contributed by atoms with Gasteiger partial charge in [-0.25, -0.2) is 0 Å². The van der Waals surface area contributed by atoms with Crippen LogP contribution in [0.2, 0.25) is 0 Å². The van der Waals surface area contributed by atoms with Gasteiger partial charge in [-0.3, -0.25) is 0 Å². The van der Waals surface area contributed by atoms with Crippen LogP contribution >= 0.6 is 0 Å². The summed E-state index contributed by atoms with van der Waals surface area (Å²) in [7, 11) is 2.11. The Morgan fingerprint density at radius 1 is 1.33 bits per heavy atom. The fourth-order valence-electron chi connectivity index (χ4n) is 2.82. The molecule has 1 aliphatic rings. The Bertz CT molecular complexity index is 449. The average molecular weight is 293 g/mol. The third kappa shape index (κ3) is 4.73. The van der Waals surface area contributed by atoms with Crippen molar-refractivity contribution >= 4 is 6.01 Å². The molecule has 120 valence electrons. The van der Waals surface area contributed by atoms with Crippen molar-refractivity contribution in [2.24, 2.45) is 5.41 Å². The Morgan fingerprint density at radius 3 is 2.52 bits per heavy atom. The molecule has 1 aromatic rings. The molecule has 1 heterocycles. The number of oxazole rings is 1. The van der Waals surface area contributed by atoms with Crippen LogP contribution in [0.3, 0.4) is 0 Å². The highest BCUT2D eigenvalue weighted by molar-refractivity contribution is 5.27. The number of nitrogens with one attached hydrogen (secondary N) is 1. The van der Waals surface area contributed by atoms with Gasteiger partial charge in [0.25, 0.3) is 6.01 Å². The summed E-state index contributed by atoms with van der Waals surface area (Å²) in [5, 5.41) is 3.44. The molecule has 0 amide bonds. The average Bonchev–Trinajstić information content (AvgIpc) is 2.83. The number of hydrogen-bond acceptors (Lipinski definition) is 4. The summed E-state index contributed by atoms with van der Waals surface area (Å²) in [6.07, 6.45) is 6.78. The van der Waals surface area contributed by atoms with Crippen LogP contribution in [0.15, 0.2) is 10.7 Å². The molecule has 4 nitrogen and oxygen atoms in total. The van der Waals surface area contributed by atoms with E-state index >= 15 is 0 Å². The number of rotatable bonds is 4. The molecule has 21 heavy (non-hydrogen) atoms. The topological polar surface area (TPSA) is 41.3 Å². The molecule has 0 radical (unpaired) electrons. The first-order valence-electron chi connectivity index (χ1n) is 8.09. The van der Waals surface area contributed by atoms with E-state index in [4.69, 9.17) is 4.42 Å². The van der Waals surface area contributed by atoms with Crippen LogP contribution in [0.4, 0.5) is 6.01 Å². The first kappa shape index (κ1) is 16.3. The minimum Gasteiger partial charge on any atom is -0.432 e. The summed E-state index contributed by atoms with van der Waals surface area (Å²) in [5.41, 5.74) is 1.57. The van der Waals surface area contributed by atoms with Crippen LogP contribution in [0.5, 0.6) is 0 Å². The van der Waals surface area contributed by atoms with Gasteiger partial charge >= 0.3 is 0 Å². The van der Waals surface area contributed by atoms with Gasteiger partial charge in [-0.1, -0.05) is 13.8 Å². The fraction of sp³-hybridized carbons (Fsp3) is 0.824. The third-order valence-electron chi connectivity index (χ3n) is 4.50. The van der Waals surface area contributed by atoms with E-state index in [2.05, 4.69) is 56.9 Å². The van der Waals surface area contributed by atoms with E-state index in [-0.39, 0.29) is 5.54 Å². The number of hydrogen-bond donors (Lipinski definition) is 1. The minimum atomic E-state index is 0.0972. The smallest absolute Gasteiger partial charge is 0.297 e. The van der Waals surface area contributed by atoms with Crippen LogP contribution in [0.25, 0.3) is 0 Å². The van der Waals surface area contributed by atoms with E-state index in [0.717, 1.165) is 18.3 Å². The lowest BCUT2D eigenvalue weighted by atomic mass is 9.75. The van der Waals surface area contributed by atoms with Crippen molar-refractivity contribution in [3.63, 3.8) is 0 Å². The molecule has 1 N–H and O–H groups in total.